The van der Waals surface area contributed by atoms with E-state index in [2.05, 4.69) is 118 Å². The highest BCUT2D eigenvalue weighted by Crippen LogP contribution is 2.15. The molecule has 0 saturated heterocycles. The first-order valence-corrected chi connectivity index (χ1v) is 29.7. The molecular formula is C65H110O6. The van der Waals surface area contributed by atoms with Gasteiger partial charge in [0.1, 0.15) is 13.2 Å². The Labute approximate surface area is 438 Å². The second-order valence-corrected chi connectivity index (χ2v) is 19.5. The number of hydrogen-bond donors (Lipinski definition) is 0. The van der Waals surface area contributed by atoms with Gasteiger partial charge >= 0.3 is 17.9 Å². The molecule has 0 aliphatic heterocycles. The number of esters is 3. The average molecular weight is 988 g/mol. The molecule has 71 heavy (non-hydrogen) atoms. The maximum absolute atomic E-state index is 12.9. The van der Waals surface area contributed by atoms with Crippen LogP contribution in [-0.2, 0) is 28.6 Å². The Bertz CT molecular complexity index is 1410. The van der Waals surface area contributed by atoms with Crippen LogP contribution in [0.1, 0.15) is 278 Å². The molecule has 0 radical (unpaired) electrons. The van der Waals surface area contributed by atoms with E-state index in [4.69, 9.17) is 14.2 Å². The Kier molecular flexibility index (Phi) is 55.9. The summed E-state index contributed by atoms with van der Waals surface area (Å²) in [5.41, 5.74) is 0. The first kappa shape index (κ1) is 67.3. The standard InChI is InChI=1S/C65H110O6/c1-4-7-10-13-16-19-22-25-28-30-32-34-37-40-43-46-49-52-55-58-64(67)70-61-62(60-69-63(66)57-54-51-48-45-42-39-36-27-24-21-18-15-12-9-6-3)71-65(68)59-56-53-50-47-44-41-38-35-33-31-29-26-23-20-17-14-11-8-5-2/h7,10,16,18-19,21,25-29,32,34,36,40,43,62H,4-6,8-9,11-15,17,20,22-24,30-31,33,35,37-39,41-42,44-61H2,1-3H3/b10-7-,19-16-,21-18-,28-25-,29-26-,34-32-,36-27-,43-40-. The minimum Gasteiger partial charge on any atom is -0.462 e. The fourth-order valence-electron chi connectivity index (χ4n) is 8.08. The van der Waals surface area contributed by atoms with Gasteiger partial charge in [-0.15, -0.1) is 0 Å². The quantitative estimate of drug-likeness (QED) is 0.0261. The predicted molar refractivity (Wildman–Crippen MR) is 307 cm³/mol. The van der Waals surface area contributed by atoms with Gasteiger partial charge in [-0.05, 0) is 122 Å². The molecule has 406 valence electrons. The van der Waals surface area contributed by atoms with E-state index < -0.39 is 6.10 Å². The molecule has 0 amide bonds. The van der Waals surface area contributed by atoms with E-state index in [1.165, 1.54) is 116 Å². The van der Waals surface area contributed by atoms with Crippen molar-refractivity contribution in [2.75, 3.05) is 13.2 Å². The summed E-state index contributed by atoms with van der Waals surface area (Å²) in [4.78, 5) is 38.2. The van der Waals surface area contributed by atoms with Crippen molar-refractivity contribution in [3.63, 3.8) is 0 Å². The molecule has 0 fully saturated rings. The summed E-state index contributed by atoms with van der Waals surface area (Å²) < 4.78 is 16.9. The summed E-state index contributed by atoms with van der Waals surface area (Å²) in [7, 11) is 0. The van der Waals surface area contributed by atoms with Crippen molar-refractivity contribution in [3.05, 3.63) is 97.2 Å². The summed E-state index contributed by atoms with van der Waals surface area (Å²) in [5.74, 6) is -0.939. The number of unbranched alkanes of at least 4 members (excludes halogenated alkanes) is 26. The zero-order valence-corrected chi connectivity index (χ0v) is 46.5. The van der Waals surface area contributed by atoms with Gasteiger partial charge < -0.3 is 14.2 Å². The molecular weight excluding hydrogens is 877 g/mol. The minimum atomic E-state index is -0.800. The van der Waals surface area contributed by atoms with Crippen LogP contribution < -0.4 is 0 Å². The lowest BCUT2D eigenvalue weighted by Crippen LogP contribution is -2.30. The summed E-state index contributed by atoms with van der Waals surface area (Å²) >= 11 is 0. The van der Waals surface area contributed by atoms with E-state index in [-0.39, 0.29) is 31.1 Å². The summed E-state index contributed by atoms with van der Waals surface area (Å²) in [6, 6.07) is 0. The molecule has 0 rings (SSSR count). The lowest BCUT2D eigenvalue weighted by atomic mass is 10.1. The molecule has 0 aromatic heterocycles. The van der Waals surface area contributed by atoms with Crippen molar-refractivity contribution in [2.24, 2.45) is 0 Å². The van der Waals surface area contributed by atoms with E-state index in [0.29, 0.717) is 19.3 Å². The summed E-state index contributed by atoms with van der Waals surface area (Å²) in [6.07, 6.45) is 78.2. The molecule has 0 aromatic carbocycles. The van der Waals surface area contributed by atoms with Crippen LogP contribution in [-0.4, -0.2) is 37.2 Å². The second kappa shape index (κ2) is 58.9. The van der Waals surface area contributed by atoms with Crippen LogP contribution in [0.2, 0.25) is 0 Å². The van der Waals surface area contributed by atoms with Gasteiger partial charge in [-0.2, -0.15) is 0 Å². The van der Waals surface area contributed by atoms with Crippen molar-refractivity contribution in [1.82, 2.24) is 0 Å². The lowest BCUT2D eigenvalue weighted by Gasteiger charge is -2.18. The molecule has 0 heterocycles. The third kappa shape index (κ3) is 57.1. The van der Waals surface area contributed by atoms with Crippen LogP contribution in [0.3, 0.4) is 0 Å². The Hall–Kier alpha value is -3.67. The monoisotopic (exact) mass is 987 g/mol. The van der Waals surface area contributed by atoms with Crippen molar-refractivity contribution >= 4 is 17.9 Å². The van der Waals surface area contributed by atoms with E-state index in [9.17, 15) is 14.4 Å². The van der Waals surface area contributed by atoms with Gasteiger partial charge in [0.25, 0.3) is 0 Å². The van der Waals surface area contributed by atoms with Gasteiger partial charge in [-0.3, -0.25) is 14.4 Å². The van der Waals surface area contributed by atoms with Crippen molar-refractivity contribution in [3.8, 4) is 0 Å². The molecule has 1 unspecified atom stereocenters. The maximum atomic E-state index is 12.9. The van der Waals surface area contributed by atoms with Gasteiger partial charge in [0.15, 0.2) is 6.10 Å². The van der Waals surface area contributed by atoms with Gasteiger partial charge in [-0.25, -0.2) is 0 Å². The number of allylic oxidation sites excluding steroid dienone is 16. The first-order chi connectivity index (χ1) is 35.0. The van der Waals surface area contributed by atoms with E-state index in [1.54, 1.807) is 0 Å². The average Bonchev–Trinajstić information content (AvgIpc) is 3.37. The van der Waals surface area contributed by atoms with Gasteiger partial charge in [0.2, 0.25) is 0 Å². The zero-order chi connectivity index (χ0) is 51.4. The van der Waals surface area contributed by atoms with Crippen molar-refractivity contribution in [2.45, 2.75) is 284 Å². The molecule has 0 aliphatic carbocycles. The molecule has 0 spiro atoms. The molecule has 6 heteroatoms. The zero-order valence-electron chi connectivity index (χ0n) is 46.5. The highest BCUT2D eigenvalue weighted by Gasteiger charge is 2.19. The predicted octanol–water partition coefficient (Wildman–Crippen LogP) is 20.1. The summed E-state index contributed by atoms with van der Waals surface area (Å²) in [6.45, 7) is 6.47. The maximum Gasteiger partial charge on any atom is 0.306 e. The van der Waals surface area contributed by atoms with E-state index in [1.807, 2.05) is 0 Å². The first-order valence-electron chi connectivity index (χ1n) is 29.7. The molecule has 6 nitrogen and oxygen atoms in total. The van der Waals surface area contributed by atoms with Gasteiger partial charge in [-0.1, -0.05) is 234 Å². The van der Waals surface area contributed by atoms with Gasteiger partial charge in [0.05, 0.1) is 0 Å². The van der Waals surface area contributed by atoms with Crippen LogP contribution >= 0.6 is 0 Å². The van der Waals surface area contributed by atoms with Crippen LogP contribution in [0.4, 0.5) is 0 Å². The Morgan fingerprint density at radius 3 is 0.915 bits per heavy atom. The highest BCUT2D eigenvalue weighted by molar-refractivity contribution is 5.71. The third-order valence-corrected chi connectivity index (χ3v) is 12.5. The lowest BCUT2D eigenvalue weighted by molar-refractivity contribution is -0.167. The molecule has 0 N–H and O–H groups in total. The van der Waals surface area contributed by atoms with Crippen molar-refractivity contribution < 1.29 is 28.6 Å². The van der Waals surface area contributed by atoms with Crippen molar-refractivity contribution in [1.29, 1.82) is 0 Å². The fourth-order valence-corrected chi connectivity index (χ4v) is 8.08. The highest BCUT2D eigenvalue weighted by atomic mass is 16.6. The Morgan fingerprint density at radius 2 is 0.549 bits per heavy atom. The third-order valence-electron chi connectivity index (χ3n) is 12.5. The van der Waals surface area contributed by atoms with Crippen LogP contribution in [0.25, 0.3) is 0 Å². The summed E-state index contributed by atoms with van der Waals surface area (Å²) in [5, 5.41) is 0. The topological polar surface area (TPSA) is 78.9 Å². The van der Waals surface area contributed by atoms with Crippen LogP contribution in [0.15, 0.2) is 97.2 Å². The molecule has 0 aromatic rings. The number of hydrogen-bond acceptors (Lipinski definition) is 6. The Balaban J connectivity index is 4.46. The largest absolute Gasteiger partial charge is 0.462 e. The molecule has 0 saturated carbocycles. The van der Waals surface area contributed by atoms with Crippen LogP contribution in [0, 0.1) is 0 Å². The van der Waals surface area contributed by atoms with Gasteiger partial charge in [0, 0.05) is 19.3 Å². The minimum absolute atomic E-state index is 0.0964. The number of ether oxygens (including phenoxy) is 3. The van der Waals surface area contributed by atoms with E-state index in [0.717, 1.165) is 122 Å². The smallest absolute Gasteiger partial charge is 0.306 e. The molecule has 1 atom stereocenters. The molecule has 0 bridgehead atoms. The number of carbonyl (C=O) groups is 3. The Morgan fingerprint density at radius 1 is 0.296 bits per heavy atom. The molecule has 0 aliphatic rings. The SMILES string of the molecule is CC/C=C\C/C=C\C/C=C\C/C=C\C/C=C\CCCCCC(=O)OCC(COC(=O)CCCCCCC/C=C\C/C=C\CCCCC)OC(=O)CCCCCCCCCCC/C=C\CCCCCCCC. The normalized spacial score (nSPS) is 12.8. The number of rotatable bonds is 53. The second-order valence-electron chi connectivity index (χ2n) is 19.5. The van der Waals surface area contributed by atoms with E-state index >= 15 is 0 Å². The number of carbonyl (C=O) groups excluding carboxylic acids is 3. The van der Waals surface area contributed by atoms with Crippen LogP contribution in [0.5, 0.6) is 0 Å². The fraction of sp³-hybridized carbons (Fsp3) is 0.708.